The quantitative estimate of drug-likeness (QED) is 0.118. The van der Waals surface area contributed by atoms with Crippen LogP contribution in [0.25, 0.3) is 0 Å². The van der Waals surface area contributed by atoms with Gasteiger partial charge in [0, 0.05) is 85.1 Å². The van der Waals surface area contributed by atoms with E-state index in [9.17, 15) is 34.5 Å². The van der Waals surface area contributed by atoms with Crippen LogP contribution in [0, 0.1) is 0 Å². The molecule has 0 radical (unpaired) electrons. The van der Waals surface area contributed by atoms with Gasteiger partial charge in [0.05, 0.1) is 24.5 Å². The van der Waals surface area contributed by atoms with Crippen molar-refractivity contribution in [1.29, 1.82) is 0 Å². The van der Waals surface area contributed by atoms with Crippen molar-refractivity contribution in [2.24, 2.45) is 0 Å². The number of carboxylic acids is 3. The molecule has 1 amide bonds. The zero-order valence-corrected chi connectivity index (χ0v) is 30.3. The van der Waals surface area contributed by atoms with Crippen LogP contribution in [0.1, 0.15) is 117 Å². The number of hydrogen-bond acceptors (Lipinski definition) is 11. The van der Waals surface area contributed by atoms with Crippen LogP contribution in [0.5, 0.6) is 0 Å². The number of rotatable bonds is 26. The Labute approximate surface area is 290 Å². The summed E-state index contributed by atoms with van der Waals surface area (Å²) in [5, 5.41) is 34.3. The summed E-state index contributed by atoms with van der Waals surface area (Å²) in [6, 6.07) is 0. The fourth-order valence-electron chi connectivity index (χ4n) is 6.28. The topological polar surface area (TPSA) is 154 Å². The highest BCUT2D eigenvalue weighted by atomic mass is 16.4. The normalized spacial score (nSPS) is 16.3. The second kappa shape index (κ2) is 28.5. The predicted octanol–water partition coefficient (Wildman–Crippen LogP) is 0.568. The number of amides is 1. The molecule has 0 bridgehead atoms. The van der Waals surface area contributed by atoms with E-state index in [1.165, 1.54) is 77.0 Å². The summed E-state index contributed by atoms with van der Waals surface area (Å²) in [5.41, 5.74) is 0. The van der Waals surface area contributed by atoms with Gasteiger partial charge in [0.25, 0.3) is 0 Å². The van der Waals surface area contributed by atoms with E-state index in [1.807, 2.05) is 9.80 Å². The summed E-state index contributed by atoms with van der Waals surface area (Å²) in [4.78, 5) is 57.2. The fourth-order valence-corrected chi connectivity index (χ4v) is 6.28. The average Bonchev–Trinajstić information content (AvgIpc) is 3.02. The molecule has 0 unspecified atom stereocenters. The Kier molecular flexibility index (Phi) is 26.0. The minimum atomic E-state index is -1.26. The van der Waals surface area contributed by atoms with Crippen LogP contribution < -0.4 is 15.3 Å². The maximum absolute atomic E-state index is 13.8. The van der Waals surface area contributed by atoms with Crippen LogP contribution in [0.4, 0.5) is 0 Å². The van der Waals surface area contributed by atoms with Crippen LogP contribution in [-0.4, -0.2) is 140 Å². The maximum Gasteiger partial charge on any atom is 0.236 e. The summed E-state index contributed by atoms with van der Waals surface area (Å²) in [6.07, 6.45) is 19.1. The Morgan fingerprint density at radius 1 is 0.417 bits per heavy atom. The molecule has 0 N–H and O–H groups in total. The number of carboxylic acid groups (broad SMARTS) is 3. The molecule has 280 valence electrons. The highest BCUT2D eigenvalue weighted by Gasteiger charge is 2.21. The van der Waals surface area contributed by atoms with Gasteiger partial charge in [-0.15, -0.1) is 0 Å². The summed E-state index contributed by atoms with van der Waals surface area (Å²) >= 11 is 0. The number of hydrogen-bond donors (Lipinski definition) is 0. The molecule has 0 aromatic rings. The smallest absolute Gasteiger partial charge is 0.236 e. The molecule has 1 rings (SSSR count). The van der Waals surface area contributed by atoms with Gasteiger partial charge in [0.1, 0.15) is 0 Å². The Hall–Kier alpha value is -2.28. The lowest BCUT2D eigenvalue weighted by Gasteiger charge is -2.35. The lowest BCUT2D eigenvalue weighted by Crippen LogP contribution is -2.52. The van der Waals surface area contributed by atoms with Crippen molar-refractivity contribution in [3.63, 3.8) is 0 Å². The number of carbonyl (C=O) groups is 4. The third-order valence-corrected chi connectivity index (χ3v) is 9.26. The van der Waals surface area contributed by atoms with Crippen LogP contribution in [-0.2, 0) is 19.2 Å². The van der Waals surface area contributed by atoms with E-state index < -0.39 is 17.9 Å². The van der Waals surface area contributed by atoms with Crippen LogP contribution in [0.15, 0.2) is 0 Å². The summed E-state index contributed by atoms with van der Waals surface area (Å²) < 4.78 is 0. The van der Waals surface area contributed by atoms with E-state index in [1.54, 1.807) is 14.7 Å². The second-order valence-corrected chi connectivity index (χ2v) is 13.6. The summed E-state index contributed by atoms with van der Waals surface area (Å²) in [7, 11) is 0. The van der Waals surface area contributed by atoms with Gasteiger partial charge in [-0.2, -0.15) is 0 Å². The lowest BCUT2D eigenvalue weighted by atomic mass is 10.1. The highest BCUT2D eigenvalue weighted by molar-refractivity contribution is 5.78. The maximum atomic E-state index is 13.8. The van der Waals surface area contributed by atoms with Gasteiger partial charge in [-0.25, -0.2) is 0 Å². The van der Waals surface area contributed by atoms with Gasteiger partial charge in [0.15, 0.2) is 0 Å². The Morgan fingerprint density at radius 2 is 0.667 bits per heavy atom. The molecule has 48 heavy (non-hydrogen) atoms. The van der Waals surface area contributed by atoms with Crippen molar-refractivity contribution in [3.05, 3.63) is 0 Å². The third kappa shape index (κ3) is 23.9. The Bertz CT molecular complexity index is 826. The van der Waals surface area contributed by atoms with E-state index in [2.05, 4.69) is 13.8 Å². The molecule has 0 spiro atoms. The molecule has 1 saturated heterocycles. The molecule has 1 aliphatic rings. The van der Waals surface area contributed by atoms with Gasteiger partial charge in [-0.3, -0.25) is 24.4 Å². The van der Waals surface area contributed by atoms with Crippen LogP contribution >= 0.6 is 0 Å². The van der Waals surface area contributed by atoms with Gasteiger partial charge < -0.3 is 34.6 Å². The van der Waals surface area contributed by atoms with Crippen LogP contribution in [0.2, 0.25) is 0 Å². The highest BCUT2D eigenvalue weighted by Crippen LogP contribution is 2.12. The first-order valence-corrected chi connectivity index (χ1v) is 18.9. The van der Waals surface area contributed by atoms with Crippen molar-refractivity contribution in [3.8, 4) is 0 Å². The van der Waals surface area contributed by atoms with E-state index in [-0.39, 0.29) is 58.3 Å². The zero-order chi connectivity index (χ0) is 35.4. The largest absolute Gasteiger partial charge is 0.549 e. The molecular formula is C36H66N5O7-3. The monoisotopic (exact) mass is 680 g/mol. The molecule has 12 heteroatoms. The molecule has 0 aromatic heterocycles. The first-order valence-electron chi connectivity index (χ1n) is 18.9. The first kappa shape index (κ1) is 43.7. The van der Waals surface area contributed by atoms with Crippen molar-refractivity contribution in [2.45, 2.75) is 117 Å². The average molecular weight is 681 g/mol. The van der Waals surface area contributed by atoms with Gasteiger partial charge in [0.2, 0.25) is 5.91 Å². The van der Waals surface area contributed by atoms with Gasteiger partial charge in [-0.05, 0) is 12.8 Å². The molecule has 0 aliphatic carbocycles. The van der Waals surface area contributed by atoms with Crippen molar-refractivity contribution in [1.82, 2.24) is 24.5 Å². The van der Waals surface area contributed by atoms with Gasteiger partial charge in [-0.1, -0.05) is 104 Å². The zero-order valence-electron chi connectivity index (χ0n) is 30.3. The predicted molar refractivity (Wildman–Crippen MR) is 183 cm³/mol. The molecule has 1 heterocycles. The SMILES string of the molecule is CCCCCCCCCCN(CCCCCCCCCC)C(=O)CN1CCN(CC(=O)[O-])CCN(CC(=O)[O-])CCN(CC(=O)[O-])CC1. The molecule has 0 saturated carbocycles. The summed E-state index contributed by atoms with van der Waals surface area (Å²) in [6.45, 7) is 7.71. The minimum Gasteiger partial charge on any atom is -0.549 e. The number of carbonyl (C=O) groups excluding carboxylic acids is 4. The van der Waals surface area contributed by atoms with E-state index >= 15 is 0 Å². The Morgan fingerprint density at radius 3 is 0.938 bits per heavy atom. The summed E-state index contributed by atoms with van der Waals surface area (Å²) in [5.74, 6) is -3.66. The van der Waals surface area contributed by atoms with E-state index in [0.717, 1.165) is 38.8 Å². The number of aliphatic carboxylic acids is 3. The van der Waals surface area contributed by atoms with Crippen LogP contribution in [0.3, 0.4) is 0 Å². The van der Waals surface area contributed by atoms with Gasteiger partial charge >= 0.3 is 0 Å². The van der Waals surface area contributed by atoms with Crippen molar-refractivity contribution >= 4 is 23.8 Å². The molecule has 1 fully saturated rings. The number of nitrogens with zero attached hydrogens (tertiary/aromatic N) is 5. The third-order valence-electron chi connectivity index (χ3n) is 9.26. The lowest BCUT2D eigenvalue weighted by molar-refractivity contribution is -0.308. The van der Waals surface area contributed by atoms with E-state index in [0.29, 0.717) is 26.2 Å². The molecule has 0 aromatic carbocycles. The second-order valence-electron chi connectivity index (χ2n) is 13.6. The molecule has 1 aliphatic heterocycles. The molecule has 0 atom stereocenters. The standard InChI is InChI=1S/C36H69N5O7/c1-3-5-7-9-11-13-15-17-19-41(20-18-16-14-12-10-8-6-4-2)33(42)29-37-21-23-38(30-34(43)44)25-27-40(32-36(47)48)28-26-39(24-22-37)31-35(45)46/h3-32H2,1-2H3,(H,43,44)(H,45,46)(H,47,48)/p-3. The first-order chi connectivity index (χ1) is 23.1. The van der Waals surface area contributed by atoms with Crippen molar-refractivity contribution < 1.29 is 34.5 Å². The Balaban J connectivity index is 2.92. The van der Waals surface area contributed by atoms with E-state index in [4.69, 9.17) is 0 Å². The van der Waals surface area contributed by atoms with Crippen molar-refractivity contribution in [2.75, 3.05) is 91.6 Å². The number of unbranched alkanes of at least 4 members (excludes halogenated alkanes) is 14. The molecular weight excluding hydrogens is 614 g/mol. The fraction of sp³-hybridized carbons (Fsp3) is 0.889. The molecule has 12 nitrogen and oxygen atoms in total. The minimum absolute atomic E-state index is 0.0472.